The van der Waals surface area contributed by atoms with Crippen molar-refractivity contribution in [2.24, 2.45) is 5.92 Å². The van der Waals surface area contributed by atoms with E-state index < -0.39 is 0 Å². The standard InChI is InChI=1S/C17H22N2O2/c1-10-11(2)18-16-7-6-12(8-14(10)16)17(21)19-15-5-3-4-13(15)9-20/h6-8,13,15,18,20H,3-5,9H2,1-2H3,(H,19,21). The number of fused-ring (bicyclic) bond motifs is 1. The number of aryl methyl sites for hydroxylation is 2. The maximum atomic E-state index is 12.4. The molecule has 2 unspecified atom stereocenters. The van der Waals surface area contributed by atoms with E-state index in [-0.39, 0.29) is 24.5 Å². The molecule has 0 spiro atoms. The molecular weight excluding hydrogens is 264 g/mol. The molecule has 1 saturated carbocycles. The minimum absolute atomic E-state index is 0.0412. The lowest BCUT2D eigenvalue weighted by atomic mass is 10.0. The second-order valence-electron chi connectivity index (χ2n) is 6.09. The zero-order valence-corrected chi connectivity index (χ0v) is 12.6. The van der Waals surface area contributed by atoms with Crippen LogP contribution in [0.4, 0.5) is 0 Å². The van der Waals surface area contributed by atoms with Crippen molar-refractivity contribution in [3.05, 3.63) is 35.0 Å². The number of aliphatic hydroxyl groups excluding tert-OH is 1. The topological polar surface area (TPSA) is 65.1 Å². The predicted molar refractivity (Wildman–Crippen MR) is 83.5 cm³/mol. The van der Waals surface area contributed by atoms with Gasteiger partial charge in [-0.2, -0.15) is 0 Å². The van der Waals surface area contributed by atoms with Crippen LogP contribution in [0.15, 0.2) is 18.2 Å². The molecule has 0 aliphatic heterocycles. The lowest BCUT2D eigenvalue weighted by molar-refractivity contribution is 0.0916. The highest BCUT2D eigenvalue weighted by Gasteiger charge is 2.28. The maximum absolute atomic E-state index is 12.4. The molecule has 1 heterocycles. The first kappa shape index (κ1) is 14.1. The molecule has 4 nitrogen and oxygen atoms in total. The number of aromatic nitrogens is 1. The van der Waals surface area contributed by atoms with E-state index in [0.29, 0.717) is 5.56 Å². The number of aromatic amines is 1. The first-order valence-corrected chi connectivity index (χ1v) is 7.61. The third-order valence-corrected chi connectivity index (χ3v) is 4.78. The van der Waals surface area contributed by atoms with Crippen molar-refractivity contribution in [1.29, 1.82) is 0 Å². The fraction of sp³-hybridized carbons (Fsp3) is 0.471. The number of nitrogens with one attached hydrogen (secondary N) is 2. The van der Waals surface area contributed by atoms with Crippen molar-refractivity contribution in [3.63, 3.8) is 0 Å². The highest BCUT2D eigenvalue weighted by Crippen LogP contribution is 2.26. The normalized spacial score (nSPS) is 21.9. The van der Waals surface area contributed by atoms with Gasteiger partial charge in [-0.05, 0) is 50.5 Å². The molecule has 4 heteroatoms. The van der Waals surface area contributed by atoms with Crippen LogP contribution >= 0.6 is 0 Å². The van der Waals surface area contributed by atoms with Gasteiger partial charge in [0.15, 0.2) is 0 Å². The van der Waals surface area contributed by atoms with Crippen molar-refractivity contribution in [1.82, 2.24) is 10.3 Å². The number of hydrogen-bond acceptors (Lipinski definition) is 2. The van der Waals surface area contributed by atoms with Crippen molar-refractivity contribution in [2.75, 3.05) is 6.61 Å². The monoisotopic (exact) mass is 286 g/mol. The first-order chi connectivity index (χ1) is 10.1. The third-order valence-electron chi connectivity index (χ3n) is 4.78. The van der Waals surface area contributed by atoms with Crippen LogP contribution in [-0.2, 0) is 0 Å². The quantitative estimate of drug-likeness (QED) is 0.812. The van der Waals surface area contributed by atoms with Crippen molar-refractivity contribution >= 4 is 16.8 Å². The Morgan fingerprint density at radius 2 is 2.19 bits per heavy atom. The van der Waals surface area contributed by atoms with Crippen LogP contribution in [0.1, 0.15) is 40.9 Å². The smallest absolute Gasteiger partial charge is 0.251 e. The predicted octanol–water partition coefficient (Wildman–Crippen LogP) is 2.68. The van der Waals surface area contributed by atoms with Crippen molar-refractivity contribution < 1.29 is 9.90 Å². The third kappa shape index (κ3) is 2.56. The number of rotatable bonds is 3. The number of benzene rings is 1. The molecule has 1 aromatic heterocycles. The number of H-pyrrole nitrogens is 1. The Morgan fingerprint density at radius 1 is 1.38 bits per heavy atom. The SMILES string of the molecule is Cc1[nH]c2ccc(C(=O)NC3CCCC3CO)cc2c1C. The average molecular weight is 286 g/mol. The van der Waals surface area contributed by atoms with Crippen LogP contribution in [-0.4, -0.2) is 28.6 Å². The second-order valence-corrected chi connectivity index (χ2v) is 6.09. The van der Waals surface area contributed by atoms with E-state index in [9.17, 15) is 9.90 Å². The van der Waals surface area contributed by atoms with E-state index in [1.807, 2.05) is 25.1 Å². The summed E-state index contributed by atoms with van der Waals surface area (Å²) < 4.78 is 0. The van der Waals surface area contributed by atoms with Crippen LogP contribution in [0.2, 0.25) is 0 Å². The molecule has 0 bridgehead atoms. The molecule has 21 heavy (non-hydrogen) atoms. The van der Waals surface area contributed by atoms with Gasteiger partial charge in [0.25, 0.3) is 5.91 Å². The summed E-state index contributed by atoms with van der Waals surface area (Å²) in [6.45, 7) is 4.26. The summed E-state index contributed by atoms with van der Waals surface area (Å²) in [5.41, 5.74) is 4.08. The number of carbonyl (C=O) groups excluding carboxylic acids is 1. The summed E-state index contributed by atoms with van der Waals surface area (Å²) >= 11 is 0. The van der Waals surface area contributed by atoms with Gasteiger partial charge >= 0.3 is 0 Å². The van der Waals surface area contributed by atoms with Gasteiger partial charge in [-0.25, -0.2) is 0 Å². The Labute approximate surface area is 124 Å². The maximum Gasteiger partial charge on any atom is 0.251 e. The van der Waals surface area contributed by atoms with Crippen LogP contribution in [0, 0.1) is 19.8 Å². The fourth-order valence-corrected chi connectivity index (χ4v) is 3.30. The fourth-order valence-electron chi connectivity index (χ4n) is 3.30. The summed E-state index contributed by atoms with van der Waals surface area (Å²) in [6.07, 6.45) is 3.03. The largest absolute Gasteiger partial charge is 0.396 e. The highest BCUT2D eigenvalue weighted by molar-refractivity contribution is 5.99. The summed E-state index contributed by atoms with van der Waals surface area (Å²) in [5, 5.41) is 13.5. The van der Waals surface area contributed by atoms with Gasteiger partial charge in [0.1, 0.15) is 0 Å². The van der Waals surface area contributed by atoms with Gasteiger partial charge in [0.2, 0.25) is 0 Å². The van der Waals surface area contributed by atoms with E-state index in [0.717, 1.165) is 35.9 Å². The number of carbonyl (C=O) groups is 1. The summed E-state index contributed by atoms with van der Waals surface area (Å²) in [7, 11) is 0. The van der Waals surface area contributed by atoms with Crippen molar-refractivity contribution in [3.8, 4) is 0 Å². The van der Waals surface area contributed by atoms with Gasteiger partial charge < -0.3 is 15.4 Å². The van der Waals surface area contributed by atoms with Gasteiger partial charge in [-0.3, -0.25) is 4.79 Å². The Hall–Kier alpha value is -1.81. The van der Waals surface area contributed by atoms with E-state index in [1.165, 1.54) is 5.56 Å². The Bertz CT molecular complexity index is 675. The number of aliphatic hydroxyl groups is 1. The molecular formula is C17H22N2O2. The summed E-state index contributed by atoms with van der Waals surface area (Å²) in [6, 6.07) is 5.87. The number of amides is 1. The van der Waals surface area contributed by atoms with E-state index in [2.05, 4.69) is 17.2 Å². The van der Waals surface area contributed by atoms with E-state index >= 15 is 0 Å². The minimum atomic E-state index is -0.0412. The molecule has 1 fully saturated rings. The molecule has 1 amide bonds. The lowest BCUT2D eigenvalue weighted by Crippen LogP contribution is -2.38. The van der Waals surface area contributed by atoms with Crippen LogP contribution in [0.3, 0.4) is 0 Å². The first-order valence-electron chi connectivity index (χ1n) is 7.61. The molecule has 1 aromatic carbocycles. The van der Waals surface area contributed by atoms with Crippen LogP contribution < -0.4 is 5.32 Å². The molecule has 3 N–H and O–H groups in total. The number of hydrogen-bond donors (Lipinski definition) is 3. The second kappa shape index (κ2) is 5.53. The van der Waals surface area contributed by atoms with Gasteiger partial charge in [0.05, 0.1) is 0 Å². The molecule has 2 atom stereocenters. The average Bonchev–Trinajstić information content (AvgIpc) is 3.04. The zero-order valence-electron chi connectivity index (χ0n) is 12.6. The van der Waals surface area contributed by atoms with Crippen molar-refractivity contribution in [2.45, 2.75) is 39.2 Å². The van der Waals surface area contributed by atoms with E-state index in [1.54, 1.807) is 0 Å². The summed E-state index contributed by atoms with van der Waals surface area (Å²) in [4.78, 5) is 15.7. The Balaban J connectivity index is 1.83. The van der Waals surface area contributed by atoms with Gasteiger partial charge in [-0.1, -0.05) is 6.42 Å². The zero-order chi connectivity index (χ0) is 15.0. The molecule has 0 radical (unpaired) electrons. The molecule has 2 aromatic rings. The molecule has 0 saturated heterocycles. The van der Waals surface area contributed by atoms with Crippen LogP contribution in [0.25, 0.3) is 10.9 Å². The van der Waals surface area contributed by atoms with E-state index in [4.69, 9.17) is 0 Å². The molecule has 1 aliphatic rings. The molecule has 1 aliphatic carbocycles. The van der Waals surface area contributed by atoms with Gasteiger partial charge in [-0.15, -0.1) is 0 Å². The summed E-state index contributed by atoms with van der Waals surface area (Å²) in [5.74, 6) is 0.162. The molecule has 3 rings (SSSR count). The minimum Gasteiger partial charge on any atom is -0.396 e. The Kier molecular flexibility index (Phi) is 3.72. The van der Waals surface area contributed by atoms with Gasteiger partial charge in [0, 0.05) is 40.7 Å². The highest BCUT2D eigenvalue weighted by atomic mass is 16.3. The molecule has 112 valence electrons. The Morgan fingerprint density at radius 3 is 2.95 bits per heavy atom. The van der Waals surface area contributed by atoms with Crippen LogP contribution in [0.5, 0.6) is 0 Å². The lowest BCUT2D eigenvalue weighted by Gasteiger charge is -2.19.